The summed E-state index contributed by atoms with van der Waals surface area (Å²) in [6, 6.07) is 17.5. The summed E-state index contributed by atoms with van der Waals surface area (Å²) in [5, 5.41) is 10.9. The molecule has 10 heteroatoms. The maximum Gasteiger partial charge on any atom is 0.228 e. The number of nitrogens with one attached hydrogen (secondary N) is 3. The smallest absolute Gasteiger partial charge is 0.228 e. The second-order valence-electron chi connectivity index (χ2n) is 7.06. The Morgan fingerprint density at radius 3 is 2.31 bits per heavy atom. The third-order valence-corrected chi connectivity index (χ3v) is 6.69. The van der Waals surface area contributed by atoms with Crippen molar-refractivity contribution in [2.24, 2.45) is 0 Å². The summed E-state index contributed by atoms with van der Waals surface area (Å²) in [7, 11) is 0. The number of amides is 1. The molecule has 0 aliphatic heterocycles. The highest BCUT2D eigenvalue weighted by atomic mass is 79.9. The predicted octanol–water partition coefficient (Wildman–Crippen LogP) is 7.01. The third-order valence-electron chi connectivity index (χ3n) is 4.56. The molecule has 32 heavy (non-hydrogen) atoms. The Labute approximate surface area is 223 Å². The lowest BCUT2D eigenvalue weighted by atomic mass is 10.0. The highest BCUT2D eigenvalue weighted by molar-refractivity contribution is 9.11. The number of aryl methyl sites for hydroxylation is 1. The van der Waals surface area contributed by atoms with Crippen LogP contribution in [0.3, 0.4) is 0 Å². The van der Waals surface area contributed by atoms with Gasteiger partial charge in [0.05, 0.1) is 12.1 Å². The molecule has 1 amide bonds. The Bertz CT molecular complexity index is 1140. The van der Waals surface area contributed by atoms with E-state index in [1.54, 1.807) is 0 Å². The molecule has 3 aromatic carbocycles. The van der Waals surface area contributed by atoms with Gasteiger partial charge in [-0.05, 0) is 85.0 Å². The van der Waals surface area contributed by atoms with Crippen LogP contribution in [0.15, 0.2) is 63.5 Å². The minimum absolute atomic E-state index is 0.121. The lowest BCUT2D eigenvalue weighted by molar-refractivity contribution is -0.121. The van der Waals surface area contributed by atoms with Crippen molar-refractivity contribution in [2.45, 2.75) is 23.3 Å². The minimum atomic E-state index is -1.85. The summed E-state index contributed by atoms with van der Waals surface area (Å²) in [6.07, 6.45) is -0.937. The minimum Gasteiger partial charge on any atom is -0.339 e. The van der Waals surface area contributed by atoms with Crippen LogP contribution in [-0.4, -0.2) is 21.0 Å². The number of hydrogen-bond acceptors (Lipinski definition) is 2. The van der Waals surface area contributed by atoms with Crippen LogP contribution in [0.25, 0.3) is 10.8 Å². The number of benzene rings is 3. The molecule has 0 fully saturated rings. The first-order valence-electron chi connectivity index (χ1n) is 9.40. The molecule has 0 aliphatic rings. The summed E-state index contributed by atoms with van der Waals surface area (Å²) in [4.78, 5) is 12.8. The van der Waals surface area contributed by atoms with Gasteiger partial charge in [-0.2, -0.15) is 0 Å². The first-order valence-corrected chi connectivity index (χ1v) is 12.5. The Hall–Kier alpha value is -1.09. The third kappa shape index (κ3) is 6.72. The maximum absolute atomic E-state index is 12.8. The summed E-state index contributed by atoms with van der Waals surface area (Å²) in [5.74, 6) is -0.314. The molecule has 1 unspecified atom stereocenters. The average molecular weight is 639 g/mol. The van der Waals surface area contributed by atoms with Crippen LogP contribution in [0.1, 0.15) is 11.1 Å². The van der Waals surface area contributed by atoms with Crippen molar-refractivity contribution in [2.75, 3.05) is 5.32 Å². The fraction of sp³-hybridized carbons (Fsp3) is 0.182. The van der Waals surface area contributed by atoms with Crippen molar-refractivity contribution in [1.29, 1.82) is 0 Å². The summed E-state index contributed by atoms with van der Waals surface area (Å²) >= 11 is 30.7. The van der Waals surface area contributed by atoms with Crippen LogP contribution in [0.2, 0.25) is 0 Å². The van der Waals surface area contributed by atoms with Crippen LogP contribution in [0.5, 0.6) is 0 Å². The van der Waals surface area contributed by atoms with E-state index in [0.29, 0.717) is 5.69 Å². The van der Waals surface area contributed by atoms with Crippen LogP contribution in [0.4, 0.5) is 5.69 Å². The molecule has 0 radical (unpaired) electrons. The maximum atomic E-state index is 12.8. The molecular weight excluding hydrogens is 620 g/mol. The van der Waals surface area contributed by atoms with Crippen molar-refractivity contribution in [3.8, 4) is 0 Å². The second-order valence-corrected chi connectivity index (χ2v) is 11.5. The highest BCUT2D eigenvalue weighted by Gasteiger charge is 2.34. The van der Waals surface area contributed by atoms with E-state index in [2.05, 4.69) is 47.8 Å². The lowest BCUT2D eigenvalue weighted by Gasteiger charge is -2.28. The molecule has 0 heterocycles. The van der Waals surface area contributed by atoms with Crippen LogP contribution >= 0.6 is 78.9 Å². The number of carbonyl (C=O) groups is 1. The average Bonchev–Trinajstić information content (AvgIpc) is 2.70. The van der Waals surface area contributed by atoms with Gasteiger partial charge in [-0.3, -0.25) is 4.79 Å². The molecule has 0 bridgehead atoms. The first kappa shape index (κ1) is 25.5. The number of thiocarbonyl (C=S) groups is 1. The molecule has 0 spiro atoms. The van der Waals surface area contributed by atoms with E-state index in [1.807, 2.05) is 61.5 Å². The zero-order valence-corrected chi connectivity index (χ0v) is 22.9. The van der Waals surface area contributed by atoms with Crippen LogP contribution in [-0.2, 0) is 11.2 Å². The predicted molar refractivity (Wildman–Crippen MR) is 146 cm³/mol. The van der Waals surface area contributed by atoms with Gasteiger partial charge in [0.2, 0.25) is 9.70 Å². The second kappa shape index (κ2) is 10.9. The SMILES string of the molecule is Cc1cc(Br)c(NC(=S)NC(NC(=O)Cc2cccc3ccccc23)C(Cl)(Cl)Cl)c(Br)c1. The molecular formula is C22H18Br2Cl3N3OS. The Balaban J connectivity index is 1.71. The van der Waals surface area contributed by atoms with Crippen molar-refractivity contribution in [1.82, 2.24) is 10.6 Å². The number of carbonyl (C=O) groups excluding carboxylic acids is 1. The van der Waals surface area contributed by atoms with Gasteiger partial charge in [0.1, 0.15) is 6.17 Å². The zero-order valence-electron chi connectivity index (χ0n) is 16.7. The Kier molecular flexibility index (Phi) is 8.69. The Morgan fingerprint density at radius 1 is 1.03 bits per heavy atom. The number of fused-ring (bicyclic) bond motifs is 1. The van der Waals surface area contributed by atoms with E-state index >= 15 is 0 Å². The lowest BCUT2D eigenvalue weighted by Crippen LogP contribution is -2.56. The molecule has 3 aromatic rings. The summed E-state index contributed by atoms with van der Waals surface area (Å²) < 4.78 is -0.236. The number of rotatable bonds is 5. The summed E-state index contributed by atoms with van der Waals surface area (Å²) in [5.41, 5.74) is 2.64. The fourth-order valence-corrected chi connectivity index (χ4v) is 5.29. The van der Waals surface area contributed by atoms with Gasteiger partial charge in [0.25, 0.3) is 0 Å². The van der Waals surface area contributed by atoms with Crippen LogP contribution < -0.4 is 16.0 Å². The molecule has 0 saturated carbocycles. The number of anilines is 1. The quantitative estimate of drug-likeness (QED) is 0.160. The van der Waals surface area contributed by atoms with Gasteiger partial charge < -0.3 is 16.0 Å². The number of hydrogen-bond donors (Lipinski definition) is 3. The van der Waals surface area contributed by atoms with Gasteiger partial charge in [0.15, 0.2) is 5.11 Å². The van der Waals surface area contributed by atoms with E-state index in [4.69, 9.17) is 47.0 Å². The highest BCUT2D eigenvalue weighted by Crippen LogP contribution is 2.33. The van der Waals surface area contributed by atoms with Gasteiger partial charge in [-0.1, -0.05) is 77.3 Å². The van der Waals surface area contributed by atoms with E-state index in [9.17, 15) is 4.79 Å². The first-order chi connectivity index (χ1) is 15.0. The van der Waals surface area contributed by atoms with Crippen molar-refractivity contribution >= 4 is 106 Å². The molecule has 3 N–H and O–H groups in total. The standard InChI is InChI=1S/C22H18Br2Cl3N3OS/c1-12-9-16(23)19(17(24)10-12)29-21(32)30-20(22(25,26)27)28-18(31)11-14-7-4-6-13-5-2-3-8-15(13)14/h2-10,20H,11H2,1H3,(H,28,31)(H2,29,30,32). The van der Waals surface area contributed by atoms with Gasteiger partial charge in [-0.25, -0.2) is 0 Å². The molecule has 168 valence electrons. The zero-order chi connectivity index (χ0) is 23.5. The number of halogens is 5. The molecule has 0 aliphatic carbocycles. The van der Waals surface area contributed by atoms with E-state index in [0.717, 1.165) is 30.8 Å². The van der Waals surface area contributed by atoms with Gasteiger partial charge in [-0.15, -0.1) is 0 Å². The van der Waals surface area contributed by atoms with E-state index in [1.165, 1.54) is 0 Å². The molecule has 0 saturated heterocycles. The van der Waals surface area contributed by atoms with E-state index in [-0.39, 0.29) is 17.4 Å². The van der Waals surface area contributed by atoms with Gasteiger partial charge in [0, 0.05) is 8.95 Å². The monoisotopic (exact) mass is 635 g/mol. The van der Waals surface area contributed by atoms with Crippen LogP contribution in [0, 0.1) is 6.92 Å². The number of alkyl halides is 3. The Morgan fingerprint density at radius 2 is 1.66 bits per heavy atom. The van der Waals surface area contributed by atoms with E-state index < -0.39 is 9.96 Å². The van der Waals surface area contributed by atoms with Crippen molar-refractivity contribution in [3.05, 3.63) is 74.7 Å². The molecule has 0 aromatic heterocycles. The van der Waals surface area contributed by atoms with Crippen molar-refractivity contribution in [3.63, 3.8) is 0 Å². The summed E-state index contributed by atoms with van der Waals surface area (Å²) in [6.45, 7) is 1.97. The molecule has 4 nitrogen and oxygen atoms in total. The topological polar surface area (TPSA) is 53.2 Å². The largest absolute Gasteiger partial charge is 0.339 e. The molecule has 3 rings (SSSR count). The normalized spacial score (nSPS) is 12.3. The van der Waals surface area contributed by atoms with Gasteiger partial charge >= 0.3 is 0 Å². The molecule has 1 atom stereocenters. The fourth-order valence-electron chi connectivity index (χ4n) is 3.13. The van der Waals surface area contributed by atoms with Crippen molar-refractivity contribution < 1.29 is 4.79 Å².